The van der Waals surface area contributed by atoms with Gasteiger partial charge in [0.1, 0.15) is 0 Å². The Bertz CT molecular complexity index is 767. The van der Waals surface area contributed by atoms with Crippen molar-refractivity contribution in [3.05, 3.63) is 70.3 Å². The SMILES string of the molecule is N#Cc1ccc2c(c1)c(Br)cn2Cc1ccccc1. The van der Waals surface area contributed by atoms with Gasteiger partial charge in [0.15, 0.2) is 0 Å². The summed E-state index contributed by atoms with van der Waals surface area (Å²) in [5, 5.41) is 10.0. The van der Waals surface area contributed by atoms with Gasteiger partial charge in [-0.3, -0.25) is 0 Å². The van der Waals surface area contributed by atoms with E-state index in [1.807, 2.05) is 36.4 Å². The molecular weight excluding hydrogens is 300 g/mol. The molecule has 0 radical (unpaired) electrons. The van der Waals surface area contributed by atoms with Gasteiger partial charge in [-0.1, -0.05) is 30.3 Å². The lowest BCUT2D eigenvalue weighted by Gasteiger charge is -2.05. The first-order chi connectivity index (χ1) is 9.28. The van der Waals surface area contributed by atoms with Crippen LogP contribution in [0.2, 0.25) is 0 Å². The third kappa shape index (κ3) is 2.27. The van der Waals surface area contributed by atoms with Crippen molar-refractivity contribution < 1.29 is 0 Å². The number of aromatic nitrogens is 1. The van der Waals surface area contributed by atoms with Gasteiger partial charge >= 0.3 is 0 Å². The molecule has 0 fully saturated rings. The van der Waals surface area contributed by atoms with Crippen LogP contribution in [0.5, 0.6) is 0 Å². The van der Waals surface area contributed by atoms with Gasteiger partial charge in [0.25, 0.3) is 0 Å². The van der Waals surface area contributed by atoms with Crippen molar-refractivity contribution in [2.45, 2.75) is 6.54 Å². The van der Waals surface area contributed by atoms with Crippen LogP contribution in [0.25, 0.3) is 10.9 Å². The fourth-order valence-electron chi connectivity index (χ4n) is 2.23. The number of benzene rings is 2. The maximum atomic E-state index is 8.96. The second-order valence-electron chi connectivity index (χ2n) is 4.43. The van der Waals surface area contributed by atoms with E-state index in [1.165, 1.54) is 5.56 Å². The van der Waals surface area contributed by atoms with E-state index in [0.29, 0.717) is 5.56 Å². The highest BCUT2D eigenvalue weighted by Crippen LogP contribution is 2.27. The number of halogens is 1. The van der Waals surface area contributed by atoms with Gasteiger partial charge < -0.3 is 4.57 Å². The van der Waals surface area contributed by atoms with Crippen LogP contribution in [-0.2, 0) is 6.54 Å². The van der Waals surface area contributed by atoms with E-state index in [9.17, 15) is 0 Å². The predicted molar refractivity (Wildman–Crippen MR) is 79.9 cm³/mol. The molecule has 0 bridgehead atoms. The van der Waals surface area contributed by atoms with Crippen LogP contribution in [0, 0.1) is 11.3 Å². The summed E-state index contributed by atoms with van der Waals surface area (Å²) in [4.78, 5) is 0. The second kappa shape index (κ2) is 4.91. The van der Waals surface area contributed by atoms with E-state index >= 15 is 0 Å². The maximum absolute atomic E-state index is 8.96. The molecule has 3 aromatic rings. The van der Waals surface area contributed by atoms with Crippen molar-refractivity contribution in [1.82, 2.24) is 4.57 Å². The molecule has 1 aromatic heterocycles. The Hall–Kier alpha value is -2.05. The summed E-state index contributed by atoms with van der Waals surface area (Å²) in [7, 11) is 0. The minimum Gasteiger partial charge on any atom is -0.342 e. The van der Waals surface area contributed by atoms with E-state index in [2.05, 4.69) is 44.9 Å². The second-order valence-corrected chi connectivity index (χ2v) is 5.29. The zero-order chi connectivity index (χ0) is 13.2. The lowest BCUT2D eigenvalue weighted by Crippen LogP contribution is -1.97. The molecule has 0 saturated carbocycles. The smallest absolute Gasteiger partial charge is 0.0991 e. The Balaban J connectivity index is 2.08. The molecule has 0 saturated heterocycles. The van der Waals surface area contributed by atoms with E-state index in [4.69, 9.17) is 5.26 Å². The summed E-state index contributed by atoms with van der Waals surface area (Å²) in [6, 6.07) is 18.3. The molecule has 0 atom stereocenters. The summed E-state index contributed by atoms with van der Waals surface area (Å²) >= 11 is 3.56. The minimum absolute atomic E-state index is 0.686. The number of hydrogen-bond donors (Lipinski definition) is 0. The van der Waals surface area contributed by atoms with Crippen molar-refractivity contribution in [2.75, 3.05) is 0 Å². The van der Waals surface area contributed by atoms with Crippen molar-refractivity contribution in [3.8, 4) is 6.07 Å². The number of fused-ring (bicyclic) bond motifs is 1. The fourth-order valence-corrected chi connectivity index (χ4v) is 2.80. The number of nitriles is 1. The Kier molecular flexibility index (Phi) is 3.10. The Morgan fingerprint density at radius 2 is 1.89 bits per heavy atom. The molecule has 2 aromatic carbocycles. The van der Waals surface area contributed by atoms with Crippen LogP contribution in [0.3, 0.4) is 0 Å². The Morgan fingerprint density at radius 3 is 2.63 bits per heavy atom. The third-order valence-electron chi connectivity index (χ3n) is 3.16. The lowest BCUT2D eigenvalue weighted by molar-refractivity contribution is 0.835. The van der Waals surface area contributed by atoms with Gasteiger partial charge in [0.2, 0.25) is 0 Å². The monoisotopic (exact) mass is 310 g/mol. The van der Waals surface area contributed by atoms with E-state index in [0.717, 1.165) is 21.9 Å². The molecule has 1 heterocycles. The van der Waals surface area contributed by atoms with Crippen molar-refractivity contribution in [3.63, 3.8) is 0 Å². The molecule has 3 heteroatoms. The zero-order valence-corrected chi connectivity index (χ0v) is 11.8. The zero-order valence-electron chi connectivity index (χ0n) is 10.2. The van der Waals surface area contributed by atoms with E-state index < -0.39 is 0 Å². The van der Waals surface area contributed by atoms with Gasteiger partial charge in [0.05, 0.1) is 11.6 Å². The van der Waals surface area contributed by atoms with Crippen LogP contribution in [0.15, 0.2) is 59.2 Å². The number of hydrogen-bond acceptors (Lipinski definition) is 1. The normalized spacial score (nSPS) is 10.5. The van der Waals surface area contributed by atoms with Crippen LogP contribution < -0.4 is 0 Å². The molecule has 19 heavy (non-hydrogen) atoms. The van der Waals surface area contributed by atoms with E-state index in [1.54, 1.807) is 0 Å². The standard InChI is InChI=1S/C16H11BrN2/c17-15-11-19(10-12-4-2-1-3-5-12)16-7-6-13(9-18)8-14(15)16/h1-8,11H,10H2. The first-order valence-electron chi connectivity index (χ1n) is 6.00. The van der Waals surface area contributed by atoms with Gasteiger partial charge in [0, 0.05) is 28.1 Å². The van der Waals surface area contributed by atoms with Crippen LogP contribution in [0.4, 0.5) is 0 Å². The highest BCUT2D eigenvalue weighted by atomic mass is 79.9. The van der Waals surface area contributed by atoms with Crippen LogP contribution in [-0.4, -0.2) is 4.57 Å². The average molecular weight is 311 g/mol. The molecule has 92 valence electrons. The first kappa shape index (κ1) is 12.0. The number of rotatable bonds is 2. The molecule has 0 aliphatic rings. The minimum atomic E-state index is 0.686. The summed E-state index contributed by atoms with van der Waals surface area (Å²) in [6.45, 7) is 0.828. The predicted octanol–water partition coefficient (Wildman–Crippen LogP) is 4.32. The molecule has 0 spiro atoms. The quantitative estimate of drug-likeness (QED) is 0.693. The molecule has 0 amide bonds. The molecule has 0 unspecified atom stereocenters. The van der Waals surface area contributed by atoms with Crippen LogP contribution >= 0.6 is 15.9 Å². The summed E-state index contributed by atoms with van der Waals surface area (Å²) < 4.78 is 3.21. The van der Waals surface area contributed by atoms with Crippen molar-refractivity contribution in [2.24, 2.45) is 0 Å². The third-order valence-corrected chi connectivity index (χ3v) is 3.79. The van der Waals surface area contributed by atoms with Crippen molar-refractivity contribution in [1.29, 1.82) is 5.26 Å². The molecule has 2 nitrogen and oxygen atoms in total. The summed E-state index contributed by atoms with van der Waals surface area (Å²) in [5.41, 5.74) is 3.08. The largest absolute Gasteiger partial charge is 0.342 e. The highest BCUT2D eigenvalue weighted by Gasteiger charge is 2.07. The fraction of sp³-hybridized carbons (Fsp3) is 0.0625. The van der Waals surface area contributed by atoms with Gasteiger partial charge in [-0.05, 0) is 39.7 Å². The number of nitrogens with zero attached hydrogens (tertiary/aromatic N) is 2. The summed E-state index contributed by atoms with van der Waals surface area (Å²) in [6.07, 6.45) is 2.07. The van der Waals surface area contributed by atoms with Gasteiger partial charge in [-0.2, -0.15) is 5.26 Å². The molecule has 3 rings (SSSR count). The maximum Gasteiger partial charge on any atom is 0.0991 e. The van der Waals surface area contributed by atoms with Crippen molar-refractivity contribution >= 4 is 26.8 Å². The molecular formula is C16H11BrN2. The Morgan fingerprint density at radius 1 is 1.11 bits per heavy atom. The van der Waals surface area contributed by atoms with Gasteiger partial charge in [-0.25, -0.2) is 0 Å². The summed E-state index contributed by atoms with van der Waals surface area (Å²) in [5.74, 6) is 0. The van der Waals surface area contributed by atoms with E-state index in [-0.39, 0.29) is 0 Å². The molecule has 0 N–H and O–H groups in total. The first-order valence-corrected chi connectivity index (χ1v) is 6.79. The lowest BCUT2D eigenvalue weighted by atomic mass is 10.2. The Labute approximate surface area is 120 Å². The van der Waals surface area contributed by atoms with Crippen LogP contribution in [0.1, 0.15) is 11.1 Å². The average Bonchev–Trinajstić information content (AvgIpc) is 2.76. The molecule has 0 aliphatic carbocycles. The van der Waals surface area contributed by atoms with Gasteiger partial charge in [-0.15, -0.1) is 0 Å². The molecule has 0 aliphatic heterocycles. The topological polar surface area (TPSA) is 28.7 Å². The highest BCUT2D eigenvalue weighted by molar-refractivity contribution is 9.10.